The number of fused-ring (bicyclic) bond motifs is 2. The molecule has 0 aromatic heterocycles. The van der Waals surface area contributed by atoms with Crippen LogP contribution in [0.4, 0.5) is 17.1 Å². The molecule has 1 aliphatic heterocycles. The van der Waals surface area contributed by atoms with Crippen LogP contribution in [0.1, 0.15) is 30.4 Å². The molecule has 4 rings (SSSR count). The van der Waals surface area contributed by atoms with Gasteiger partial charge in [-0.3, -0.25) is 14.6 Å². The number of methoxy groups -OCH3 is 1. The summed E-state index contributed by atoms with van der Waals surface area (Å²) in [4.78, 5) is 32.7. The molecule has 1 fully saturated rings. The van der Waals surface area contributed by atoms with Crippen molar-refractivity contribution in [3.05, 3.63) is 46.5 Å². The standard InChI is InChI=1S/C23H24ClN3O3/c1-13-9-18-20(10-14(13)2)27(23(29)16-5-4-6-17(16)25-18)12-22(28)26-19-11-15(24)7-8-21(19)30-3/h7-11,16H,4-6,12H2,1-3H3,(H,26,28)/t16-/m0/s1. The van der Waals surface area contributed by atoms with Crippen molar-refractivity contribution in [1.82, 2.24) is 0 Å². The van der Waals surface area contributed by atoms with Gasteiger partial charge in [-0.2, -0.15) is 0 Å². The summed E-state index contributed by atoms with van der Waals surface area (Å²) < 4.78 is 5.30. The molecule has 0 bridgehead atoms. The highest BCUT2D eigenvalue weighted by Crippen LogP contribution is 2.39. The van der Waals surface area contributed by atoms with Gasteiger partial charge in [0, 0.05) is 10.7 Å². The van der Waals surface area contributed by atoms with Crippen LogP contribution in [0, 0.1) is 19.8 Å². The number of hydrogen-bond acceptors (Lipinski definition) is 4. The Morgan fingerprint density at radius 3 is 2.80 bits per heavy atom. The minimum Gasteiger partial charge on any atom is -0.495 e. The van der Waals surface area contributed by atoms with E-state index in [1.807, 2.05) is 26.0 Å². The van der Waals surface area contributed by atoms with E-state index in [-0.39, 0.29) is 24.3 Å². The number of aliphatic imine (C=N–C) groups is 1. The quantitative estimate of drug-likeness (QED) is 0.763. The Morgan fingerprint density at radius 1 is 1.27 bits per heavy atom. The zero-order valence-corrected chi connectivity index (χ0v) is 18.0. The molecule has 2 aromatic carbocycles. The second kappa shape index (κ2) is 8.11. The van der Waals surface area contributed by atoms with Crippen LogP contribution in [0.25, 0.3) is 0 Å². The summed E-state index contributed by atoms with van der Waals surface area (Å²) in [7, 11) is 1.53. The van der Waals surface area contributed by atoms with Crippen molar-refractivity contribution >= 4 is 46.2 Å². The summed E-state index contributed by atoms with van der Waals surface area (Å²) in [5.74, 6) is -0.147. The van der Waals surface area contributed by atoms with Gasteiger partial charge in [-0.15, -0.1) is 0 Å². The lowest BCUT2D eigenvalue weighted by Gasteiger charge is -2.25. The second-order valence-electron chi connectivity index (χ2n) is 7.79. The van der Waals surface area contributed by atoms with Gasteiger partial charge in [0.15, 0.2) is 0 Å². The van der Waals surface area contributed by atoms with Crippen LogP contribution in [0.2, 0.25) is 5.02 Å². The molecule has 0 spiro atoms. The van der Waals surface area contributed by atoms with E-state index in [1.54, 1.807) is 23.1 Å². The Bertz CT molecular complexity index is 1060. The average molecular weight is 426 g/mol. The fraction of sp³-hybridized carbons (Fsp3) is 0.348. The lowest BCUT2D eigenvalue weighted by Crippen LogP contribution is -2.42. The Balaban J connectivity index is 1.67. The number of rotatable bonds is 4. The summed E-state index contributed by atoms with van der Waals surface area (Å²) in [6, 6.07) is 8.95. The van der Waals surface area contributed by atoms with Crippen LogP contribution >= 0.6 is 11.6 Å². The Kier molecular flexibility index (Phi) is 5.52. The van der Waals surface area contributed by atoms with Gasteiger partial charge in [0.2, 0.25) is 11.8 Å². The lowest BCUT2D eigenvalue weighted by molar-refractivity contribution is -0.123. The molecular formula is C23H24ClN3O3. The first-order valence-corrected chi connectivity index (χ1v) is 10.4. The highest BCUT2D eigenvalue weighted by atomic mass is 35.5. The van der Waals surface area contributed by atoms with E-state index in [1.165, 1.54) is 7.11 Å². The number of benzene rings is 2. The Morgan fingerprint density at radius 2 is 2.03 bits per heavy atom. The number of halogens is 1. The Hall–Kier alpha value is -2.86. The van der Waals surface area contributed by atoms with Crippen LogP contribution in [0.3, 0.4) is 0 Å². The molecule has 2 aromatic rings. The van der Waals surface area contributed by atoms with Crippen molar-refractivity contribution in [2.75, 3.05) is 23.9 Å². The fourth-order valence-electron chi connectivity index (χ4n) is 4.06. The van der Waals surface area contributed by atoms with Gasteiger partial charge in [0.05, 0.1) is 30.1 Å². The van der Waals surface area contributed by atoms with Crippen LogP contribution in [-0.4, -0.2) is 31.2 Å². The molecule has 6 nitrogen and oxygen atoms in total. The van der Waals surface area contributed by atoms with Crippen LogP contribution in [0.5, 0.6) is 5.75 Å². The van der Waals surface area contributed by atoms with Gasteiger partial charge in [-0.1, -0.05) is 11.6 Å². The van der Waals surface area contributed by atoms with E-state index < -0.39 is 0 Å². The zero-order chi connectivity index (χ0) is 21.4. The molecule has 1 heterocycles. The summed E-state index contributed by atoms with van der Waals surface area (Å²) in [5, 5.41) is 3.31. The van der Waals surface area contributed by atoms with Crippen molar-refractivity contribution in [3.8, 4) is 5.75 Å². The third-order valence-electron chi connectivity index (χ3n) is 5.78. The predicted octanol–water partition coefficient (Wildman–Crippen LogP) is 4.82. The average Bonchev–Trinajstić information content (AvgIpc) is 3.13. The number of anilines is 2. The largest absolute Gasteiger partial charge is 0.495 e. The molecule has 0 unspecified atom stereocenters. The van der Waals surface area contributed by atoms with E-state index in [2.05, 4.69) is 5.32 Å². The van der Waals surface area contributed by atoms with Crippen molar-refractivity contribution in [3.63, 3.8) is 0 Å². The summed E-state index contributed by atoms with van der Waals surface area (Å²) in [6.07, 6.45) is 2.53. The summed E-state index contributed by atoms with van der Waals surface area (Å²) in [5.41, 5.74) is 4.97. The zero-order valence-electron chi connectivity index (χ0n) is 17.3. The highest BCUT2D eigenvalue weighted by molar-refractivity contribution is 6.31. The highest BCUT2D eigenvalue weighted by Gasteiger charge is 2.37. The molecule has 1 aliphatic carbocycles. The molecule has 2 aliphatic rings. The van der Waals surface area contributed by atoms with E-state index in [4.69, 9.17) is 21.3 Å². The van der Waals surface area contributed by atoms with Gasteiger partial charge >= 0.3 is 0 Å². The molecule has 1 atom stereocenters. The minimum atomic E-state index is -0.324. The van der Waals surface area contributed by atoms with Gasteiger partial charge in [0.1, 0.15) is 12.3 Å². The topological polar surface area (TPSA) is 71.0 Å². The van der Waals surface area contributed by atoms with E-state index in [9.17, 15) is 9.59 Å². The maximum atomic E-state index is 13.4. The van der Waals surface area contributed by atoms with Gasteiger partial charge in [-0.05, 0) is 74.6 Å². The Labute approximate surface area is 180 Å². The maximum absolute atomic E-state index is 13.4. The minimum absolute atomic E-state index is 0.0681. The predicted molar refractivity (Wildman–Crippen MR) is 119 cm³/mol. The molecule has 2 amide bonds. The van der Waals surface area contributed by atoms with E-state index in [0.717, 1.165) is 41.8 Å². The molecule has 7 heteroatoms. The third kappa shape index (κ3) is 3.79. The second-order valence-corrected chi connectivity index (χ2v) is 8.23. The van der Waals surface area contributed by atoms with Gasteiger partial charge in [-0.25, -0.2) is 0 Å². The first-order valence-electron chi connectivity index (χ1n) is 10.0. The number of amides is 2. The number of nitrogens with one attached hydrogen (secondary N) is 1. The summed E-state index contributed by atoms with van der Waals surface area (Å²) in [6.45, 7) is 3.91. The van der Waals surface area contributed by atoms with Crippen LogP contribution in [0.15, 0.2) is 35.3 Å². The van der Waals surface area contributed by atoms with Crippen molar-refractivity contribution in [2.24, 2.45) is 10.9 Å². The first-order chi connectivity index (χ1) is 14.4. The van der Waals surface area contributed by atoms with Crippen LogP contribution < -0.4 is 15.0 Å². The molecular weight excluding hydrogens is 402 g/mol. The third-order valence-corrected chi connectivity index (χ3v) is 6.01. The van der Waals surface area contributed by atoms with Gasteiger partial charge < -0.3 is 15.0 Å². The SMILES string of the molecule is COc1ccc(Cl)cc1NC(=O)CN1C(=O)[C@H]2CCCC2=Nc2cc(C)c(C)cc21. The molecule has 1 saturated carbocycles. The van der Waals surface area contributed by atoms with Crippen molar-refractivity contribution < 1.29 is 14.3 Å². The van der Waals surface area contributed by atoms with Crippen LogP contribution in [-0.2, 0) is 9.59 Å². The number of hydrogen-bond donors (Lipinski definition) is 1. The van der Waals surface area contributed by atoms with Crippen molar-refractivity contribution in [1.29, 1.82) is 0 Å². The normalized spacial score (nSPS) is 17.7. The molecule has 156 valence electrons. The number of carbonyl (C=O) groups is 2. The fourth-order valence-corrected chi connectivity index (χ4v) is 4.23. The van der Waals surface area contributed by atoms with Crippen molar-refractivity contribution in [2.45, 2.75) is 33.1 Å². The van der Waals surface area contributed by atoms with E-state index in [0.29, 0.717) is 22.1 Å². The summed E-state index contributed by atoms with van der Waals surface area (Å²) >= 11 is 6.07. The number of carbonyl (C=O) groups excluding carboxylic acids is 2. The molecule has 0 radical (unpaired) electrons. The molecule has 0 saturated heterocycles. The monoisotopic (exact) mass is 425 g/mol. The first kappa shape index (κ1) is 20.4. The number of ether oxygens (including phenoxy) is 1. The molecule has 30 heavy (non-hydrogen) atoms. The molecule has 1 N–H and O–H groups in total. The number of aryl methyl sites for hydroxylation is 2. The number of nitrogens with zero attached hydrogens (tertiary/aromatic N) is 2. The maximum Gasteiger partial charge on any atom is 0.244 e. The smallest absolute Gasteiger partial charge is 0.244 e. The lowest BCUT2D eigenvalue weighted by atomic mass is 10.0. The van der Waals surface area contributed by atoms with E-state index >= 15 is 0 Å². The van der Waals surface area contributed by atoms with Gasteiger partial charge in [0.25, 0.3) is 0 Å².